The monoisotopic (exact) mass is 725 g/mol. The Kier molecular flexibility index (Phi) is 8.95. The van der Waals surface area contributed by atoms with Crippen LogP contribution in [0.25, 0.3) is 77.2 Å². The SMILES string of the molecule is c1ccc(-c2ccccc2N(c2ccc(-c3cccc(-c4cccc5cccc(-c6ccccc6)c45)c3)cc2)c2ccc(-c3cccc4ccccc34)cc2)cc1. The van der Waals surface area contributed by atoms with E-state index in [4.69, 9.17) is 0 Å². The van der Waals surface area contributed by atoms with Crippen LogP contribution in [0.4, 0.5) is 17.1 Å². The molecule has 0 atom stereocenters. The zero-order valence-corrected chi connectivity index (χ0v) is 31.5. The fraction of sp³-hybridized carbons (Fsp3) is 0. The van der Waals surface area contributed by atoms with E-state index in [-0.39, 0.29) is 0 Å². The predicted molar refractivity (Wildman–Crippen MR) is 243 cm³/mol. The van der Waals surface area contributed by atoms with E-state index in [2.05, 4.69) is 241 Å². The van der Waals surface area contributed by atoms with E-state index in [9.17, 15) is 0 Å². The van der Waals surface area contributed by atoms with Crippen molar-refractivity contribution in [2.45, 2.75) is 0 Å². The summed E-state index contributed by atoms with van der Waals surface area (Å²) in [5, 5.41) is 5.02. The molecule has 0 spiro atoms. The van der Waals surface area contributed by atoms with Gasteiger partial charge >= 0.3 is 0 Å². The summed E-state index contributed by atoms with van der Waals surface area (Å²) in [4.78, 5) is 2.39. The van der Waals surface area contributed by atoms with Crippen molar-refractivity contribution < 1.29 is 0 Å². The van der Waals surface area contributed by atoms with Crippen LogP contribution in [0.2, 0.25) is 0 Å². The molecule has 0 heterocycles. The second kappa shape index (κ2) is 15.0. The molecule has 0 saturated carbocycles. The molecule has 10 aromatic rings. The van der Waals surface area contributed by atoms with Crippen LogP contribution < -0.4 is 4.90 Å². The first kappa shape index (κ1) is 34.0. The van der Waals surface area contributed by atoms with Crippen molar-refractivity contribution in [3.63, 3.8) is 0 Å². The zero-order chi connectivity index (χ0) is 38.0. The minimum absolute atomic E-state index is 1.10. The molecule has 268 valence electrons. The lowest BCUT2D eigenvalue weighted by Gasteiger charge is -2.28. The van der Waals surface area contributed by atoms with Crippen molar-refractivity contribution >= 4 is 38.6 Å². The van der Waals surface area contributed by atoms with Crippen LogP contribution >= 0.6 is 0 Å². The van der Waals surface area contributed by atoms with Gasteiger partial charge in [0.2, 0.25) is 0 Å². The molecular weight excluding hydrogens is 687 g/mol. The third kappa shape index (κ3) is 6.56. The zero-order valence-electron chi connectivity index (χ0n) is 31.5. The largest absolute Gasteiger partial charge is 0.310 e. The van der Waals surface area contributed by atoms with E-state index in [1.807, 2.05) is 0 Å². The highest BCUT2D eigenvalue weighted by atomic mass is 15.1. The lowest BCUT2D eigenvalue weighted by atomic mass is 9.90. The number of benzene rings is 10. The minimum atomic E-state index is 1.10. The van der Waals surface area contributed by atoms with Gasteiger partial charge in [-0.25, -0.2) is 0 Å². The summed E-state index contributed by atoms with van der Waals surface area (Å²) in [5.74, 6) is 0. The van der Waals surface area contributed by atoms with E-state index in [0.717, 1.165) is 17.1 Å². The van der Waals surface area contributed by atoms with Crippen LogP contribution in [0.3, 0.4) is 0 Å². The van der Waals surface area contributed by atoms with Gasteiger partial charge in [0.05, 0.1) is 5.69 Å². The number of nitrogens with zero attached hydrogens (tertiary/aromatic N) is 1. The van der Waals surface area contributed by atoms with Gasteiger partial charge in [0.15, 0.2) is 0 Å². The van der Waals surface area contributed by atoms with Gasteiger partial charge in [-0.2, -0.15) is 0 Å². The summed E-state index contributed by atoms with van der Waals surface area (Å²) in [7, 11) is 0. The van der Waals surface area contributed by atoms with Gasteiger partial charge in [0, 0.05) is 16.9 Å². The number of rotatable bonds is 8. The van der Waals surface area contributed by atoms with Crippen LogP contribution in [-0.4, -0.2) is 0 Å². The second-order valence-corrected chi connectivity index (χ2v) is 14.5. The van der Waals surface area contributed by atoms with E-state index in [0.29, 0.717) is 0 Å². The Morgan fingerprint density at radius 1 is 0.246 bits per heavy atom. The standard InChI is InChI=1S/C56H39N/c1-3-15-42(16-4-1)52-26-9-10-30-55(52)57(49-37-33-44(34-38-49)51-27-12-20-41-19-7-8-25-50(41)51)48-35-31-40(32-36-48)46-23-11-24-47(39-46)54-29-14-22-45-21-13-28-53(56(45)54)43-17-5-2-6-18-43/h1-39H. The van der Waals surface area contributed by atoms with Gasteiger partial charge in [0.1, 0.15) is 0 Å². The molecule has 0 aliphatic carbocycles. The molecule has 0 bridgehead atoms. The van der Waals surface area contributed by atoms with Crippen molar-refractivity contribution in [2.75, 3.05) is 4.90 Å². The third-order valence-electron chi connectivity index (χ3n) is 11.1. The molecule has 0 aliphatic heterocycles. The molecule has 0 N–H and O–H groups in total. The first-order chi connectivity index (χ1) is 28.3. The highest BCUT2D eigenvalue weighted by Crippen LogP contribution is 2.43. The lowest BCUT2D eigenvalue weighted by molar-refractivity contribution is 1.28. The summed E-state index contributed by atoms with van der Waals surface area (Å²) in [5.41, 5.74) is 15.4. The van der Waals surface area contributed by atoms with Crippen LogP contribution in [-0.2, 0) is 0 Å². The smallest absolute Gasteiger partial charge is 0.0540 e. The molecular formula is C56H39N. The molecule has 0 radical (unpaired) electrons. The number of hydrogen-bond acceptors (Lipinski definition) is 1. The van der Waals surface area contributed by atoms with Crippen molar-refractivity contribution in [1.82, 2.24) is 0 Å². The molecule has 0 amide bonds. The maximum Gasteiger partial charge on any atom is 0.0540 e. The van der Waals surface area contributed by atoms with Crippen molar-refractivity contribution in [1.29, 1.82) is 0 Å². The molecule has 1 heteroatoms. The Morgan fingerprint density at radius 3 is 1.39 bits per heavy atom. The van der Waals surface area contributed by atoms with Crippen molar-refractivity contribution in [3.05, 3.63) is 237 Å². The quantitative estimate of drug-likeness (QED) is 0.151. The molecule has 1 nitrogen and oxygen atoms in total. The molecule has 0 saturated heterocycles. The van der Waals surface area contributed by atoms with E-state index < -0.39 is 0 Å². The first-order valence-corrected chi connectivity index (χ1v) is 19.6. The van der Waals surface area contributed by atoms with Crippen LogP contribution in [0, 0.1) is 0 Å². The van der Waals surface area contributed by atoms with E-state index in [1.54, 1.807) is 0 Å². The number of anilines is 3. The molecule has 10 rings (SSSR count). The summed E-state index contributed by atoms with van der Waals surface area (Å²) in [6, 6.07) is 85.5. The maximum absolute atomic E-state index is 2.39. The Hall–Kier alpha value is -7.48. The fourth-order valence-electron chi connectivity index (χ4n) is 8.33. The van der Waals surface area contributed by atoms with Gasteiger partial charge < -0.3 is 4.90 Å². The minimum Gasteiger partial charge on any atom is -0.310 e. The van der Waals surface area contributed by atoms with Crippen LogP contribution in [0.1, 0.15) is 0 Å². The third-order valence-corrected chi connectivity index (χ3v) is 11.1. The number of fused-ring (bicyclic) bond motifs is 2. The predicted octanol–water partition coefficient (Wildman–Crippen LogP) is 15.8. The van der Waals surface area contributed by atoms with E-state index in [1.165, 1.54) is 77.2 Å². The van der Waals surface area contributed by atoms with Gasteiger partial charge in [-0.05, 0) is 108 Å². The van der Waals surface area contributed by atoms with Gasteiger partial charge in [0.25, 0.3) is 0 Å². The van der Waals surface area contributed by atoms with Crippen molar-refractivity contribution in [2.24, 2.45) is 0 Å². The number of hydrogen-bond donors (Lipinski definition) is 0. The molecule has 10 aromatic carbocycles. The topological polar surface area (TPSA) is 3.24 Å². The summed E-state index contributed by atoms with van der Waals surface area (Å²) in [6.07, 6.45) is 0. The molecule has 0 aliphatic rings. The number of para-hydroxylation sites is 1. The van der Waals surface area contributed by atoms with Gasteiger partial charge in [-0.15, -0.1) is 0 Å². The molecule has 0 aromatic heterocycles. The van der Waals surface area contributed by atoms with Gasteiger partial charge in [-0.3, -0.25) is 0 Å². The fourth-order valence-corrected chi connectivity index (χ4v) is 8.33. The lowest BCUT2D eigenvalue weighted by Crippen LogP contribution is -2.11. The van der Waals surface area contributed by atoms with E-state index >= 15 is 0 Å². The molecule has 0 fully saturated rings. The average Bonchev–Trinajstić information content (AvgIpc) is 3.30. The second-order valence-electron chi connectivity index (χ2n) is 14.5. The molecule has 57 heavy (non-hydrogen) atoms. The Balaban J connectivity index is 1.05. The van der Waals surface area contributed by atoms with Gasteiger partial charge in [-0.1, -0.05) is 200 Å². The highest BCUT2D eigenvalue weighted by molar-refractivity contribution is 6.06. The first-order valence-electron chi connectivity index (χ1n) is 19.6. The Morgan fingerprint density at radius 2 is 0.684 bits per heavy atom. The van der Waals surface area contributed by atoms with Crippen LogP contribution in [0.5, 0.6) is 0 Å². The van der Waals surface area contributed by atoms with Crippen LogP contribution in [0.15, 0.2) is 237 Å². The summed E-state index contributed by atoms with van der Waals surface area (Å²) < 4.78 is 0. The Bertz CT molecular complexity index is 2970. The molecule has 0 unspecified atom stereocenters. The average molecular weight is 726 g/mol. The van der Waals surface area contributed by atoms with Crippen molar-refractivity contribution in [3.8, 4) is 55.6 Å². The summed E-state index contributed by atoms with van der Waals surface area (Å²) in [6.45, 7) is 0. The highest BCUT2D eigenvalue weighted by Gasteiger charge is 2.18. The summed E-state index contributed by atoms with van der Waals surface area (Å²) >= 11 is 0. The normalized spacial score (nSPS) is 11.2. The Labute approximate surface area is 334 Å². The maximum atomic E-state index is 2.39.